The van der Waals surface area contributed by atoms with Gasteiger partial charge in [-0.15, -0.1) is 0 Å². The van der Waals surface area contributed by atoms with Crippen LogP contribution in [0.1, 0.15) is 36.2 Å². The molecule has 0 heterocycles. The van der Waals surface area contributed by atoms with Crippen molar-refractivity contribution < 1.29 is 14.7 Å². The normalized spacial score (nSPS) is 12.2. The van der Waals surface area contributed by atoms with Crippen molar-refractivity contribution in [1.29, 1.82) is 0 Å². The number of hydrogen-bond acceptors (Lipinski definition) is 3. The molecule has 21 heavy (non-hydrogen) atoms. The lowest BCUT2D eigenvalue weighted by Crippen LogP contribution is -2.42. The highest BCUT2D eigenvalue weighted by Crippen LogP contribution is 2.11. The minimum atomic E-state index is -0.996. The molecule has 3 N–H and O–H groups in total. The van der Waals surface area contributed by atoms with Crippen molar-refractivity contribution in [2.75, 3.05) is 13.6 Å². The van der Waals surface area contributed by atoms with E-state index in [1.165, 1.54) is 0 Å². The van der Waals surface area contributed by atoms with E-state index in [-0.39, 0.29) is 11.8 Å². The molecule has 116 valence electrons. The molecule has 5 nitrogen and oxygen atoms in total. The molecule has 0 spiro atoms. The van der Waals surface area contributed by atoms with E-state index in [1.807, 2.05) is 33.0 Å². The maximum atomic E-state index is 12.3. The van der Waals surface area contributed by atoms with Gasteiger partial charge in [0.2, 0.25) is 0 Å². The molecular weight excluding hydrogens is 268 g/mol. The Morgan fingerprint density at radius 3 is 2.48 bits per heavy atom. The zero-order valence-corrected chi connectivity index (χ0v) is 12.8. The van der Waals surface area contributed by atoms with E-state index in [0.717, 1.165) is 18.5 Å². The summed E-state index contributed by atoms with van der Waals surface area (Å²) in [6.07, 6.45) is 1.14. The monoisotopic (exact) mass is 292 g/mol. The minimum absolute atomic E-state index is 0.200. The lowest BCUT2D eigenvalue weighted by molar-refractivity contribution is -0.139. The Bertz CT molecular complexity index is 486. The third-order valence-electron chi connectivity index (χ3n) is 3.22. The second kappa shape index (κ2) is 8.42. The van der Waals surface area contributed by atoms with Crippen LogP contribution in [0.15, 0.2) is 24.3 Å². The summed E-state index contributed by atoms with van der Waals surface area (Å²) >= 11 is 0. The van der Waals surface area contributed by atoms with Gasteiger partial charge >= 0.3 is 5.97 Å². The SMILES string of the molecule is CNCCc1ccccc1C(=O)NC(CC(C)C)C(=O)O. The second-order valence-corrected chi connectivity index (χ2v) is 5.50. The number of carboxylic acids is 1. The average molecular weight is 292 g/mol. The van der Waals surface area contributed by atoms with Gasteiger partial charge in [-0.05, 0) is 44.0 Å². The number of rotatable bonds is 8. The van der Waals surface area contributed by atoms with Crippen LogP contribution in [0, 0.1) is 5.92 Å². The Kier molecular flexibility index (Phi) is 6.88. The average Bonchev–Trinajstić information content (AvgIpc) is 2.44. The Hall–Kier alpha value is -1.88. The zero-order valence-electron chi connectivity index (χ0n) is 12.8. The van der Waals surface area contributed by atoms with Crippen LogP contribution in [0.3, 0.4) is 0 Å². The van der Waals surface area contributed by atoms with Crippen molar-refractivity contribution >= 4 is 11.9 Å². The summed E-state index contributed by atoms with van der Waals surface area (Å²) in [6.45, 7) is 4.63. The molecular formula is C16H24N2O3. The largest absolute Gasteiger partial charge is 0.480 e. The predicted molar refractivity (Wildman–Crippen MR) is 82.4 cm³/mol. The van der Waals surface area contributed by atoms with E-state index in [9.17, 15) is 14.7 Å². The molecule has 1 amide bonds. The van der Waals surface area contributed by atoms with Gasteiger partial charge in [0.15, 0.2) is 0 Å². The first-order valence-electron chi connectivity index (χ1n) is 7.21. The van der Waals surface area contributed by atoms with Gasteiger partial charge in [0.25, 0.3) is 5.91 Å². The first-order chi connectivity index (χ1) is 9.95. The van der Waals surface area contributed by atoms with Gasteiger partial charge in [-0.1, -0.05) is 32.0 Å². The van der Waals surface area contributed by atoms with Gasteiger partial charge < -0.3 is 15.7 Å². The fourth-order valence-corrected chi connectivity index (χ4v) is 2.15. The molecule has 5 heteroatoms. The number of aliphatic carboxylic acids is 1. The van der Waals surface area contributed by atoms with Crippen LogP contribution in [0.5, 0.6) is 0 Å². The van der Waals surface area contributed by atoms with Crippen molar-refractivity contribution in [3.05, 3.63) is 35.4 Å². The summed E-state index contributed by atoms with van der Waals surface area (Å²) in [6, 6.07) is 6.44. The minimum Gasteiger partial charge on any atom is -0.480 e. The van der Waals surface area contributed by atoms with E-state index in [1.54, 1.807) is 12.1 Å². The Morgan fingerprint density at radius 2 is 1.90 bits per heavy atom. The number of amides is 1. The molecule has 0 fully saturated rings. The van der Waals surface area contributed by atoms with E-state index >= 15 is 0 Å². The summed E-state index contributed by atoms with van der Waals surface area (Å²) in [7, 11) is 1.85. The van der Waals surface area contributed by atoms with E-state index < -0.39 is 12.0 Å². The molecule has 0 aliphatic rings. The smallest absolute Gasteiger partial charge is 0.326 e. The van der Waals surface area contributed by atoms with Crippen molar-refractivity contribution in [2.45, 2.75) is 32.7 Å². The molecule has 0 aliphatic heterocycles. The predicted octanol–water partition coefficient (Wildman–Crippen LogP) is 1.68. The summed E-state index contributed by atoms with van der Waals surface area (Å²) in [5, 5.41) is 14.9. The molecule has 0 radical (unpaired) electrons. The molecule has 1 rings (SSSR count). The lowest BCUT2D eigenvalue weighted by Gasteiger charge is -2.17. The molecule has 1 unspecified atom stereocenters. The maximum absolute atomic E-state index is 12.3. The van der Waals surface area contributed by atoms with Gasteiger partial charge in [0.1, 0.15) is 6.04 Å². The van der Waals surface area contributed by atoms with Crippen LogP contribution in [0.4, 0.5) is 0 Å². The molecule has 0 saturated heterocycles. The Labute approximate surface area is 125 Å². The topological polar surface area (TPSA) is 78.4 Å². The Balaban J connectivity index is 2.84. The van der Waals surface area contributed by atoms with Gasteiger partial charge in [0.05, 0.1) is 0 Å². The van der Waals surface area contributed by atoms with E-state index in [2.05, 4.69) is 10.6 Å². The molecule has 1 aromatic carbocycles. The highest BCUT2D eigenvalue weighted by atomic mass is 16.4. The number of hydrogen-bond donors (Lipinski definition) is 3. The van der Waals surface area contributed by atoms with Gasteiger partial charge in [-0.25, -0.2) is 4.79 Å². The summed E-state index contributed by atoms with van der Waals surface area (Å²) in [5.41, 5.74) is 1.46. The second-order valence-electron chi connectivity index (χ2n) is 5.50. The van der Waals surface area contributed by atoms with Crippen LogP contribution in [0.2, 0.25) is 0 Å². The van der Waals surface area contributed by atoms with E-state index in [4.69, 9.17) is 0 Å². The van der Waals surface area contributed by atoms with Gasteiger partial charge in [0, 0.05) is 5.56 Å². The molecule has 0 bridgehead atoms. The number of likely N-dealkylation sites (N-methyl/N-ethyl adjacent to an activating group) is 1. The fraction of sp³-hybridized carbons (Fsp3) is 0.500. The van der Waals surface area contributed by atoms with Crippen molar-refractivity contribution in [3.63, 3.8) is 0 Å². The number of carbonyl (C=O) groups is 2. The summed E-state index contributed by atoms with van der Waals surface area (Å²) in [4.78, 5) is 23.6. The maximum Gasteiger partial charge on any atom is 0.326 e. The molecule has 0 aliphatic carbocycles. The highest BCUT2D eigenvalue weighted by Gasteiger charge is 2.22. The van der Waals surface area contributed by atoms with Gasteiger partial charge in [-0.2, -0.15) is 0 Å². The third kappa shape index (κ3) is 5.55. The van der Waals surface area contributed by atoms with E-state index in [0.29, 0.717) is 12.0 Å². The molecule has 0 aromatic heterocycles. The number of nitrogens with one attached hydrogen (secondary N) is 2. The third-order valence-corrected chi connectivity index (χ3v) is 3.22. The van der Waals surface area contributed by atoms with Crippen LogP contribution in [-0.2, 0) is 11.2 Å². The molecule has 0 saturated carbocycles. The number of carbonyl (C=O) groups excluding carboxylic acids is 1. The fourth-order valence-electron chi connectivity index (χ4n) is 2.15. The van der Waals surface area contributed by atoms with Gasteiger partial charge in [-0.3, -0.25) is 4.79 Å². The van der Waals surface area contributed by atoms with Crippen LogP contribution >= 0.6 is 0 Å². The quantitative estimate of drug-likeness (QED) is 0.681. The number of carboxylic acid groups (broad SMARTS) is 1. The lowest BCUT2D eigenvalue weighted by atomic mass is 10.0. The highest BCUT2D eigenvalue weighted by molar-refractivity contribution is 5.97. The van der Waals surface area contributed by atoms with Crippen molar-refractivity contribution in [3.8, 4) is 0 Å². The first-order valence-corrected chi connectivity index (χ1v) is 7.21. The summed E-state index contributed by atoms with van der Waals surface area (Å²) in [5.74, 6) is -1.12. The number of benzene rings is 1. The van der Waals surface area contributed by atoms with Crippen LogP contribution in [0.25, 0.3) is 0 Å². The van der Waals surface area contributed by atoms with Crippen LogP contribution in [-0.4, -0.2) is 36.6 Å². The Morgan fingerprint density at radius 1 is 1.24 bits per heavy atom. The van der Waals surface area contributed by atoms with Crippen molar-refractivity contribution in [1.82, 2.24) is 10.6 Å². The first kappa shape index (κ1) is 17.2. The standard InChI is InChI=1S/C16H24N2O3/c1-11(2)10-14(16(20)21)18-15(19)13-7-5-4-6-12(13)8-9-17-3/h4-7,11,14,17H,8-10H2,1-3H3,(H,18,19)(H,20,21). The summed E-state index contributed by atoms with van der Waals surface area (Å²) < 4.78 is 0. The van der Waals surface area contributed by atoms with Crippen molar-refractivity contribution in [2.24, 2.45) is 5.92 Å². The zero-order chi connectivity index (χ0) is 15.8. The molecule has 1 atom stereocenters. The molecule has 1 aromatic rings. The van der Waals surface area contributed by atoms with Crippen LogP contribution < -0.4 is 10.6 Å².